The van der Waals surface area contributed by atoms with E-state index in [4.69, 9.17) is 4.74 Å². The average molecular weight is 382 g/mol. The highest BCUT2D eigenvalue weighted by Gasteiger charge is 2.33. The lowest BCUT2D eigenvalue weighted by Crippen LogP contribution is -2.36. The van der Waals surface area contributed by atoms with Crippen molar-refractivity contribution in [2.45, 2.75) is 44.3 Å². The molecule has 0 unspecified atom stereocenters. The first-order chi connectivity index (χ1) is 13.6. The lowest BCUT2D eigenvalue weighted by molar-refractivity contribution is -0.134. The normalized spacial score (nSPS) is 15.8. The predicted molar refractivity (Wildman–Crippen MR) is 102 cm³/mol. The van der Waals surface area contributed by atoms with E-state index < -0.39 is 5.82 Å². The number of rotatable bonds is 8. The number of benzene rings is 2. The molecule has 2 amide bonds. The molecule has 28 heavy (non-hydrogen) atoms. The second-order valence-corrected chi connectivity index (χ2v) is 7.42. The summed E-state index contributed by atoms with van der Waals surface area (Å²) in [7, 11) is 0. The first kappa shape index (κ1) is 18.5. The van der Waals surface area contributed by atoms with Crippen LogP contribution in [-0.2, 0) is 11.3 Å². The van der Waals surface area contributed by atoms with Crippen molar-refractivity contribution in [3.8, 4) is 5.75 Å². The molecule has 2 aliphatic rings. The quantitative estimate of drug-likeness (QED) is 0.762. The highest BCUT2D eigenvalue weighted by molar-refractivity contribution is 5.94. The Kier molecular flexibility index (Phi) is 5.28. The number of amides is 2. The molecule has 2 aromatic rings. The Bertz CT molecular complexity index is 860. The minimum Gasteiger partial charge on any atom is -0.481 e. The van der Waals surface area contributed by atoms with Gasteiger partial charge < -0.3 is 15.0 Å². The van der Waals surface area contributed by atoms with Gasteiger partial charge in [0.05, 0.1) is 0 Å². The molecule has 6 heteroatoms. The molecule has 0 atom stereocenters. The maximum absolute atomic E-state index is 13.7. The van der Waals surface area contributed by atoms with Crippen molar-refractivity contribution in [1.82, 2.24) is 10.2 Å². The van der Waals surface area contributed by atoms with Gasteiger partial charge in [-0.3, -0.25) is 9.59 Å². The number of nitrogens with one attached hydrogen (secondary N) is 1. The Morgan fingerprint density at radius 3 is 2.39 bits per heavy atom. The van der Waals surface area contributed by atoms with E-state index in [1.54, 1.807) is 29.2 Å². The summed E-state index contributed by atoms with van der Waals surface area (Å²) < 4.78 is 19.0. The van der Waals surface area contributed by atoms with Gasteiger partial charge in [0.15, 0.2) is 18.2 Å². The zero-order chi connectivity index (χ0) is 19.5. The zero-order valence-corrected chi connectivity index (χ0v) is 15.6. The fourth-order valence-electron chi connectivity index (χ4n) is 3.05. The summed E-state index contributed by atoms with van der Waals surface area (Å²) in [6.45, 7) is 0.258. The maximum Gasteiger partial charge on any atom is 0.261 e. The van der Waals surface area contributed by atoms with Crippen molar-refractivity contribution in [1.29, 1.82) is 0 Å². The summed E-state index contributed by atoms with van der Waals surface area (Å²) in [5, 5.41) is 2.96. The number of nitrogens with zero attached hydrogens (tertiary/aromatic N) is 1. The number of carbonyl (C=O) groups excluding carboxylic acids is 2. The Hall–Kier alpha value is -2.89. The van der Waals surface area contributed by atoms with E-state index in [0.29, 0.717) is 18.2 Å². The molecule has 2 fully saturated rings. The van der Waals surface area contributed by atoms with E-state index in [0.717, 1.165) is 31.2 Å². The third kappa shape index (κ3) is 4.68. The molecular weight excluding hydrogens is 359 g/mol. The minimum absolute atomic E-state index is 0.0533. The molecule has 0 saturated heterocycles. The minimum atomic E-state index is -0.478. The van der Waals surface area contributed by atoms with Gasteiger partial charge in [-0.05, 0) is 55.5 Å². The van der Waals surface area contributed by atoms with Crippen LogP contribution in [0.2, 0.25) is 0 Å². The monoisotopic (exact) mass is 382 g/mol. The van der Waals surface area contributed by atoms with Crippen molar-refractivity contribution >= 4 is 11.8 Å². The molecule has 0 radical (unpaired) electrons. The molecule has 0 heterocycles. The van der Waals surface area contributed by atoms with E-state index in [1.165, 1.54) is 12.1 Å². The Balaban J connectivity index is 1.36. The maximum atomic E-state index is 13.7. The van der Waals surface area contributed by atoms with Crippen LogP contribution < -0.4 is 10.1 Å². The van der Waals surface area contributed by atoms with Crippen LogP contribution in [-0.4, -0.2) is 35.4 Å². The van der Waals surface area contributed by atoms with Gasteiger partial charge >= 0.3 is 0 Å². The average Bonchev–Trinajstić information content (AvgIpc) is 3.60. The van der Waals surface area contributed by atoms with Gasteiger partial charge in [-0.15, -0.1) is 0 Å². The van der Waals surface area contributed by atoms with Crippen molar-refractivity contribution in [3.05, 3.63) is 65.5 Å². The molecule has 0 aliphatic heterocycles. The number of para-hydroxylation sites is 1. The van der Waals surface area contributed by atoms with Gasteiger partial charge in [0.2, 0.25) is 0 Å². The highest BCUT2D eigenvalue weighted by atomic mass is 19.1. The molecule has 4 rings (SSSR count). The molecule has 0 bridgehead atoms. The Labute approximate surface area is 163 Å². The van der Waals surface area contributed by atoms with Gasteiger partial charge in [0, 0.05) is 24.2 Å². The van der Waals surface area contributed by atoms with Crippen LogP contribution >= 0.6 is 0 Å². The first-order valence-corrected chi connectivity index (χ1v) is 9.67. The molecule has 146 valence electrons. The molecule has 5 nitrogen and oxygen atoms in total. The van der Waals surface area contributed by atoms with Crippen LogP contribution in [0.15, 0.2) is 48.5 Å². The third-order valence-electron chi connectivity index (χ3n) is 4.98. The lowest BCUT2D eigenvalue weighted by atomic mass is 10.1. The highest BCUT2D eigenvalue weighted by Crippen LogP contribution is 2.29. The number of hydrogen-bond acceptors (Lipinski definition) is 3. The second kappa shape index (κ2) is 8.00. The molecule has 2 aromatic carbocycles. The van der Waals surface area contributed by atoms with E-state index in [2.05, 4.69) is 5.32 Å². The van der Waals surface area contributed by atoms with Gasteiger partial charge in [0.1, 0.15) is 0 Å². The predicted octanol–water partition coefficient (Wildman–Crippen LogP) is 3.29. The molecule has 2 aliphatic carbocycles. The number of carbonyl (C=O) groups is 2. The molecular formula is C22H23FN2O3. The van der Waals surface area contributed by atoms with Crippen LogP contribution in [0.3, 0.4) is 0 Å². The fraction of sp³-hybridized carbons (Fsp3) is 0.364. The van der Waals surface area contributed by atoms with Crippen molar-refractivity contribution in [3.63, 3.8) is 0 Å². The Morgan fingerprint density at radius 1 is 1.04 bits per heavy atom. The number of ether oxygens (including phenoxy) is 1. The van der Waals surface area contributed by atoms with Crippen LogP contribution in [0.1, 0.15) is 41.6 Å². The van der Waals surface area contributed by atoms with Crippen LogP contribution in [0, 0.1) is 5.82 Å². The second-order valence-electron chi connectivity index (χ2n) is 7.42. The molecule has 0 spiro atoms. The lowest BCUT2D eigenvalue weighted by Gasteiger charge is -2.23. The van der Waals surface area contributed by atoms with Gasteiger partial charge in [-0.25, -0.2) is 4.39 Å². The van der Waals surface area contributed by atoms with E-state index >= 15 is 0 Å². The molecule has 0 aromatic heterocycles. The van der Waals surface area contributed by atoms with E-state index in [1.807, 2.05) is 12.1 Å². The summed E-state index contributed by atoms with van der Waals surface area (Å²) in [6.07, 6.45) is 4.04. The molecule has 2 saturated carbocycles. The van der Waals surface area contributed by atoms with Crippen molar-refractivity contribution in [2.24, 2.45) is 0 Å². The van der Waals surface area contributed by atoms with E-state index in [9.17, 15) is 14.0 Å². The topological polar surface area (TPSA) is 58.6 Å². The summed E-state index contributed by atoms with van der Waals surface area (Å²) >= 11 is 0. The molecule has 1 N–H and O–H groups in total. The number of hydrogen-bond donors (Lipinski definition) is 1. The fourth-order valence-corrected chi connectivity index (χ4v) is 3.05. The van der Waals surface area contributed by atoms with Crippen molar-refractivity contribution in [2.75, 3.05) is 6.61 Å². The Morgan fingerprint density at radius 2 is 1.75 bits per heavy atom. The summed E-state index contributed by atoms with van der Waals surface area (Å²) in [6, 6.07) is 13.9. The standard InChI is InChI=1S/C22H23FN2O3/c23-19-3-1-2-4-20(19)28-14-21(26)25(18-11-12-18)13-15-5-7-16(8-6-15)22(27)24-17-9-10-17/h1-8,17-18H,9-14H2,(H,24,27). The van der Waals surface area contributed by atoms with E-state index in [-0.39, 0.29) is 30.2 Å². The van der Waals surface area contributed by atoms with Crippen LogP contribution in [0.4, 0.5) is 4.39 Å². The van der Waals surface area contributed by atoms with Gasteiger partial charge in [-0.1, -0.05) is 24.3 Å². The van der Waals surface area contributed by atoms with Gasteiger partial charge in [-0.2, -0.15) is 0 Å². The third-order valence-corrected chi connectivity index (χ3v) is 4.98. The van der Waals surface area contributed by atoms with Gasteiger partial charge in [0.25, 0.3) is 11.8 Å². The SMILES string of the molecule is O=C(NC1CC1)c1ccc(CN(C(=O)COc2ccccc2F)C2CC2)cc1. The zero-order valence-electron chi connectivity index (χ0n) is 15.6. The summed E-state index contributed by atoms with van der Waals surface area (Å²) in [5.74, 6) is -0.616. The largest absolute Gasteiger partial charge is 0.481 e. The van der Waals surface area contributed by atoms with Crippen LogP contribution in [0.25, 0.3) is 0 Å². The smallest absolute Gasteiger partial charge is 0.261 e. The summed E-state index contributed by atoms with van der Waals surface area (Å²) in [4.78, 5) is 26.5. The number of halogens is 1. The first-order valence-electron chi connectivity index (χ1n) is 9.67. The van der Waals surface area contributed by atoms with Crippen molar-refractivity contribution < 1.29 is 18.7 Å². The summed E-state index contributed by atoms with van der Waals surface area (Å²) in [5.41, 5.74) is 1.58. The van der Waals surface area contributed by atoms with Crippen LogP contribution in [0.5, 0.6) is 5.75 Å².